The summed E-state index contributed by atoms with van der Waals surface area (Å²) < 4.78 is 53.3. The molecule has 0 atom stereocenters. The maximum Gasteiger partial charge on any atom is 0.419 e. The summed E-state index contributed by atoms with van der Waals surface area (Å²) in [6.45, 7) is 5.77. The highest BCUT2D eigenvalue weighted by Gasteiger charge is 2.43. The predicted molar refractivity (Wildman–Crippen MR) is 97.8 cm³/mol. The zero-order valence-electron chi connectivity index (χ0n) is 15.3. The standard InChI is InChI=1S/C19H24F4N4/c1-18(20)8-14(9-18)27(6-5-12-3-4-12)11-16(25-2)13-7-15(19(21,22)23)17(24)26-10-13/h7,10-12,14H,2-6,8-9H2,1H3,(H2,24,26)/b16-11-. The van der Waals surface area contributed by atoms with Crippen molar-refractivity contribution in [1.29, 1.82) is 0 Å². The van der Waals surface area contributed by atoms with Gasteiger partial charge in [0.2, 0.25) is 0 Å². The number of aliphatic imine (C=N–C) groups is 1. The lowest BCUT2D eigenvalue weighted by atomic mass is 9.78. The summed E-state index contributed by atoms with van der Waals surface area (Å²) in [5.74, 6) is 0.111. The first-order chi connectivity index (χ1) is 12.6. The van der Waals surface area contributed by atoms with Crippen molar-refractivity contribution in [2.24, 2.45) is 10.9 Å². The van der Waals surface area contributed by atoms with Crippen molar-refractivity contribution >= 4 is 18.2 Å². The summed E-state index contributed by atoms with van der Waals surface area (Å²) in [5, 5.41) is 0. The average molecular weight is 384 g/mol. The molecule has 0 saturated heterocycles. The number of nitrogens with two attached hydrogens (primary N) is 1. The molecule has 148 valence electrons. The molecule has 2 aliphatic rings. The maximum absolute atomic E-state index is 14.0. The second-order valence-electron chi connectivity index (χ2n) is 7.77. The molecule has 1 aromatic heterocycles. The highest BCUT2D eigenvalue weighted by molar-refractivity contribution is 5.69. The molecule has 2 fully saturated rings. The van der Waals surface area contributed by atoms with Gasteiger partial charge in [0, 0.05) is 43.4 Å². The Morgan fingerprint density at radius 3 is 2.63 bits per heavy atom. The predicted octanol–water partition coefficient (Wildman–Crippen LogP) is 4.67. The van der Waals surface area contributed by atoms with E-state index in [0.717, 1.165) is 19.0 Å². The number of hydrogen-bond donors (Lipinski definition) is 1. The van der Waals surface area contributed by atoms with E-state index in [-0.39, 0.29) is 17.3 Å². The van der Waals surface area contributed by atoms with Gasteiger partial charge in [0.1, 0.15) is 11.5 Å². The van der Waals surface area contributed by atoms with Gasteiger partial charge in [0.25, 0.3) is 0 Å². The minimum atomic E-state index is -4.60. The van der Waals surface area contributed by atoms with Gasteiger partial charge < -0.3 is 10.6 Å². The van der Waals surface area contributed by atoms with Crippen LogP contribution in [-0.4, -0.2) is 34.9 Å². The van der Waals surface area contributed by atoms with Crippen LogP contribution in [0.3, 0.4) is 0 Å². The summed E-state index contributed by atoms with van der Waals surface area (Å²) in [6.07, 6.45) is 2.51. The largest absolute Gasteiger partial charge is 0.419 e. The molecule has 1 heterocycles. The molecule has 3 rings (SSSR count). The van der Waals surface area contributed by atoms with E-state index in [1.54, 1.807) is 13.1 Å². The highest BCUT2D eigenvalue weighted by atomic mass is 19.4. The SMILES string of the molecule is C=N/C(=C\N(CCC1CC1)C1CC(C)(F)C1)c1cnc(N)c(C(F)(F)F)c1. The first-order valence-electron chi connectivity index (χ1n) is 9.05. The number of hydrogen-bond acceptors (Lipinski definition) is 4. The van der Waals surface area contributed by atoms with Crippen LogP contribution in [0.2, 0.25) is 0 Å². The quantitative estimate of drug-likeness (QED) is 0.549. The second kappa shape index (κ2) is 7.13. The number of nitrogens with zero attached hydrogens (tertiary/aromatic N) is 3. The number of rotatable bonds is 7. The van der Waals surface area contributed by atoms with Crippen LogP contribution in [-0.2, 0) is 6.18 Å². The highest BCUT2D eigenvalue weighted by Crippen LogP contribution is 2.41. The summed E-state index contributed by atoms with van der Waals surface area (Å²) in [4.78, 5) is 9.55. The maximum atomic E-state index is 14.0. The first-order valence-corrected chi connectivity index (χ1v) is 9.05. The van der Waals surface area contributed by atoms with Crippen LogP contribution in [0.4, 0.5) is 23.4 Å². The lowest BCUT2D eigenvalue weighted by Gasteiger charge is -2.45. The zero-order chi connectivity index (χ0) is 19.8. The van der Waals surface area contributed by atoms with Gasteiger partial charge in [-0.2, -0.15) is 13.2 Å². The molecule has 0 spiro atoms. The molecule has 1 aromatic rings. The van der Waals surface area contributed by atoms with Crippen LogP contribution in [0, 0.1) is 5.92 Å². The molecule has 4 nitrogen and oxygen atoms in total. The van der Waals surface area contributed by atoms with E-state index in [1.165, 1.54) is 19.0 Å². The van der Waals surface area contributed by atoms with E-state index in [0.29, 0.717) is 18.8 Å². The fourth-order valence-corrected chi connectivity index (χ4v) is 3.45. The molecule has 2 aliphatic carbocycles. The van der Waals surface area contributed by atoms with Gasteiger partial charge in [-0.05, 0) is 32.0 Å². The summed E-state index contributed by atoms with van der Waals surface area (Å²) >= 11 is 0. The molecule has 0 aliphatic heterocycles. The average Bonchev–Trinajstić information content (AvgIpc) is 3.37. The van der Waals surface area contributed by atoms with Crippen molar-refractivity contribution in [1.82, 2.24) is 9.88 Å². The minimum Gasteiger partial charge on any atom is -0.383 e. The van der Waals surface area contributed by atoms with Crippen LogP contribution in [0.25, 0.3) is 5.70 Å². The third-order valence-electron chi connectivity index (χ3n) is 5.26. The molecule has 27 heavy (non-hydrogen) atoms. The second-order valence-corrected chi connectivity index (χ2v) is 7.77. The molecular formula is C19H24F4N4. The molecule has 0 bridgehead atoms. The Hall–Kier alpha value is -2.12. The molecule has 0 unspecified atom stereocenters. The molecule has 2 N–H and O–H groups in total. The molecule has 0 amide bonds. The van der Waals surface area contributed by atoms with Crippen LogP contribution < -0.4 is 5.73 Å². The third-order valence-corrected chi connectivity index (χ3v) is 5.26. The smallest absolute Gasteiger partial charge is 0.383 e. The number of halogens is 4. The van der Waals surface area contributed by atoms with Gasteiger partial charge in [0.15, 0.2) is 0 Å². The van der Waals surface area contributed by atoms with Crippen molar-refractivity contribution in [2.45, 2.75) is 56.9 Å². The summed E-state index contributed by atoms with van der Waals surface area (Å²) in [7, 11) is 0. The lowest BCUT2D eigenvalue weighted by molar-refractivity contribution is -0.137. The Morgan fingerprint density at radius 2 is 2.11 bits per heavy atom. The molecule has 0 aromatic carbocycles. The lowest BCUT2D eigenvalue weighted by Crippen LogP contribution is -2.49. The van der Waals surface area contributed by atoms with Gasteiger partial charge in [0.05, 0.1) is 11.3 Å². The van der Waals surface area contributed by atoms with Crippen LogP contribution in [0.5, 0.6) is 0 Å². The van der Waals surface area contributed by atoms with Crippen molar-refractivity contribution in [3.8, 4) is 0 Å². The summed E-state index contributed by atoms with van der Waals surface area (Å²) in [6, 6.07) is 0.946. The van der Waals surface area contributed by atoms with Crippen molar-refractivity contribution in [3.63, 3.8) is 0 Å². The van der Waals surface area contributed by atoms with E-state index in [9.17, 15) is 17.6 Å². The molecule has 2 saturated carbocycles. The van der Waals surface area contributed by atoms with Gasteiger partial charge in [-0.3, -0.25) is 4.99 Å². The Labute approximate surface area is 156 Å². The van der Waals surface area contributed by atoms with E-state index in [2.05, 4.69) is 16.7 Å². The zero-order valence-corrected chi connectivity index (χ0v) is 15.3. The molecule has 0 radical (unpaired) electrons. The van der Waals surface area contributed by atoms with Gasteiger partial charge in [-0.1, -0.05) is 12.8 Å². The monoisotopic (exact) mass is 384 g/mol. The van der Waals surface area contributed by atoms with Gasteiger partial charge in [-0.25, -0.2) is 9.37 Å². The fraction of sp³-hybridized carbons (Fsp3) is 0.579. The van der Waals surface area contributed by atoms with Crippen LogP contribution in [0.15, 0.2) is 23.5 Å². The Bertz CT molecular complexity index is 730. The normalized spacial score (nSPS) is 25.8. The van der Waals surface area contributed by atoms with Crippen molar-refractivity contribution < 1.29 is 17.6 Å². The number of aromatic nitrogens is 1. The Balaban J connectivity index is 1.86. The van der Waals surface area contributed by atoms with E-state index in [4.69, 9.17) is 5.73 Å². The number of alkyl halides is 4. The third kappa shape index (κ3) is 4.78. The van der Waals surface area contributed by atoms with Crippen LogP contribution in [0.1, 0.15) is 50.2 Å². The fourth-order valence-electron chi connectivity index (χ4n) is 3.45. The van der Waals surface area contributed by atoms with Gasteiger partial charge in [-0.15, -0.1) is 0 Å². The Morgan fingerprint density at radius 1 is 1.44 bits per heavy atom. The number of pyridine rings is 1. The van der Waals surface area contributed by atoms with E-state index < -0.39 is 23.2 Å². The summed E-state index contributed by atoms with van der Waals surface area (Å²) in [5.41, 5.74) is 3.63. The van der Waals surface area contributed by atoms with Gasteiger partial charge >= 0.3 is 6.18 Å². The van der Waals surface area contributed by atoms with E-state index >= 15 is 0 Å². The van der Waals surface area contributed by atoms with Crippen molar-refractivity contribution in [2.75, 3.05) is 12.3 Å². The molecule has 8 heteroatoms. The minimum absolute atomic E-state index is 0.0133. The van der Waals surface area contributed by atoms with E-state index in [1.807, 2.05) is 4.90 Å². The topological polar surface area (TPSA) is 54.5 Å². The van der Waals surface area contributed by atoms with Crippen molar-refractivity contribution in [3.05, 3.63) is 29.6 Å². The first kappa shape index (κ1) is 19.6. The van der Waals surface area contributed by atoms with Crippen LogP contribution >= 0.6 is 0 Å². The number of anilines is 1. The Kier molecular flexibility index (Phi) is 5.18. The molecular weight excluding hydrogens is 360 g/mol. The number of nitrogen functional groups attached to an aromatic ring is 1.